The number of hydrogen-bond donors (Lipinski definition) is 1. The summed E-state index contributed by atoms with van der Waals surface area (Å²) in [5.74, 6) is -0.0456. The van der Waals surface area contributed by atoms with Crippen molar-refractivity contribution in [1.82, 2.24) is 5.32 Å². The number of hydrogen-bond acceptors (Lipinski definition) is 1. The smallest absolute Gasteiger partial charge is 0.251 e. The molecule has 80 valence electrons. The molecule has 1 N–H and O–H groups in total. The Balaban J connectivity index is 2.28. The summed E-state index contributed by atoms with van der Waals surface area (Å²) in [4.78, 5) is 11.5. The third-order valence-electron chi connectivity index (χ3n) is 1.95. The standard InChI is InChI=1S/C12H14ClNO/c1-10(13)6-5-9-14-12(15)11-7-3-2-4-8-11/h2-4,7-8H,1,5-6,9H2,(H,14,15). The predicted octanol–water partition coefficient (Wildman–Crippen LogP) is 2.95. The van der Waals surface area contributed by atoms with E-state index in [0.29, 0.717) is 17.1 Å². The minimum atomic E-state index is -0.0456. The Morgan fingerprint density at radius 1 is 1.33 bits per heavy atom. The van der Waals surface area contributed by atoms with E-state index < -0.39 is 0 Å². The maximum atomic E-state index is 11.5. The zero-order valence-corrected chi connectivity index (χ0v) is 9.26. The molecule has 0 aliphatic heterocycles. The van der Waals surface area contributed by atoms with Gasteiger partial charge < -0.3 is 5.32 Å². The van der Waals surface area contributed by atoms with E-state index in [4.69, 9.17) is 11.6 Å². The van der Waals surface area contributed by atoms with Crippen LogP contribution in [0, 0.1) is 0 Å². The van der Waals surface area contributed by atoms with Crippen LogP contribution in [-0.4, -0.2) is 12.5 Å². The third kappa shape index (κ3) is 4.66. The molecule has 1 aromatic carbocycles. The van der Waals surface area contributed by atoms with Crippen LogP contribution in [0.5, 0.6) is 0 Å². The Bertz CT molecular complexity index is 335. The summed E-state index contributed by atoms with van der Waals surface area (Å²) in [6.45, 7) is 4.21. The highest BCUT2D eigenvalue weighted by atomic mass is 35.5. The lowest BCUT2D eigenvalue weighted by molar-refractivity contribution is 0.0953. The van der Waals surface area contributed by atoms with Crippen LogP contribution in [0.2, 0.25) is 0 Å². The van der Waals surface area contributed by atoms with Crippen LogP contribution < -0.4 is 5.32 Å². The molecule has 0 aliphatic carbocycles. The number of allylic oxidation sites excluding steroid dienone is 1. The zero-order chi connectivity index (χ0) is 11.1. The third-order valence-corrected chi connectivity index (χ3v) is 2.14. The first-order valence-electron chi connectivity index (χ1n) is 4.86. The maximum Gasteiger partial charge on any atom is 0.251 e. The van der Waals surface area contributed by atoms with Crippen molar-refractivity contribution >= 4 is 17.5 Å². The molecular weight excluding hydrogens is 210 g/mol. The van der Waals surface area contributed by atoms with E-state index in [2.05, 4.69) is 11.9 Å². The monoisotopic (exact) mass is 223 g/mol. The number of benzene rings is 1. The van der Waals surface area contributed by atoms with Crippen LogP contribution in [0.4, 0.5) is 0 Å². The number of rotatable bonds is 5. The van der Waals surface area contributed by atoms with Gasteiger partial charge in [0.1, 0.15) is 0 Å². The fourth-order valence-electron chi connectivity index (χ4n) is 1.17. The average Bonchev–Trinajstić information content (AvgIpc) is 2.25. The molecule has 0 spiro atoms. The Morgan fingerprint density at radius 2 is 2.00 bits per heavy atom. The SMILES string of the molecule is C=C(Cl)CCCNC(=O)c1ccccc1. The predicted molar refractivity (Wildman–Crippen MR) is 63.0 cm³/mol. The van der Waals surface area contributed by atoms with E-state index in [-0.39, 0.29) is 5.91 Å². The lowest BCUT2D eigenvalue weighted by Crippen LogP contribution is -2.24. The normalized spacial score (nSPS) is 9.67. The second-order valence-electron chi connectivity index (χ2n) is 3.24. The Kier molecular flexibility index (Phi) is 4.91. The molecule has 0 heterocycles. The van der Waals surface area contributed by atoms with Gasteiger partial charge in [-0.2, -0.15) is 0 Å². The van der Waals surface area contributed by atoms with Crippen molar-refractivity contribution in [2.75, 3.05) is 6.54 Å². The summed E-state index contributed by atoms with van der Waals surface area (Å²) < 4.78 is 0. The van der Waals surface area contributed by atoms with E-state index >= 15 is 0 Å². The van der Waals surface area contributed by atoms with Gasteiger partial charge in [-0.25, -0.2) is 0 Å². The second-order valence-corrected chi connectivity index (χ2v) is 3.78. The highest BCUT2D eigenvalue weighted by Crippen LogP contribution is 2.05. The summed E-state index contributed by atoms with van der Waals surface area (Å²) in [5.41, 5.74) is 0.683. The van der Waals surface area contributed by atoms with Gasteiger partial charge >= 0.3 is 0 Å². The number of nitrogens with one attached hydrogen (secondary N) is 1. The Hall–Kier alpha value is -1.28. The minimum Gasteiger partial charge on any atom is -0.352 e. The average molecular weight is 224 g/mol. The molecule has 0 aromatic heterocycles. The van der Waals surface area contributed by atoms with Crippen LogP contribution in [0.25, 0.3) is 0 Å². The maximum absolute atomic E-state index is 11.5. The number of carbonyl (C=O) groups excluding carboxylic acids is 1. The Labute approximate surface area is 94.9 Å². The van der Waals surface area contributed by atoms with Gasteiger partial charge in [0.15, 0.2) is 0 Å². The van der Waals surface area contributed by atoms with E-state index in [1.807, 2.05) is 18.2 Å². The summed E-state index contributed by atoms with van der Waals surface area (Å²) in [5, 5.41) is 3.44. The molecule has 0 unspecified atom stereocenters. The van der Waals surface area contributed by atoms with Gasteiger partial charge in [0, 0.05) is 17.1 Å². The fourth-order valence-corrected chi connectivity index (χ4v) is 1.31. The largest absolute Gasteiger partial charge is 0.352 e. The molecule has 0 aliphatic rings. The highest BCUT2D eigenvalue weighted by molar-refractivity contribution is 6.29. The molecule has 0 fully saturated rings. The van der Waals surface area contributed by atoms with Crippen LogP contribution >= 0.6 is 11.6 Å². The van der Waals surface area contributed by atoms with E-state index in [1.165, 1.54) is 0 Å². The molecule has 0 atom stereocenters. The summed E-state index contributed by atoms with van der Waals surface area (Å²) >= 11 is 5.60. The minimum absolute atomic E-state index is 0.0456. The highest BCUT2D eigenvalue weighted by Gasteiger charge is 2.02. The fraction of sp³-hybridized carbons (Fsp3) is 0.250. The first-order chi connectivity index (χ1) is 7.20. The number of amides is 1. The van der Waals surface area contributed by atoms with Gasteiger partial charge in [-0.05, 0) is 25.0 Å². The molecule has 15 heavy (non-hydrogen) atoms. The van der Waals surface area contributed by atoms with Crippen molar-refractivity contribution in [1.29, 1.82) is 0 Å². The summed E-state index contributed by atoms with van der Waals surface area (Å²) in [6, 6.07) is 9.14. The zero-order valence-electron chi connectivity index (χ0n) is 8.50. The van der Waals surface area contributed by atoms with E-state index in [0.717, 1.165) is 12.8 Å². The van der Waals surface area contributed by atoms with Crippen molar-refractivity contribution < 1.29 is 4.79 Å². The molecule has 3 heteroatoms. The van der Waals surface area contributed by atoms with Gasteiger partial charge in [-0.1, -0.05) is 36.4 Å². The molecule has 2 nitrogen and oxygen atoms in total. The van der Waals surface area contributed by atoms with Gasteiger partial charge in [0.05, 0.1) is 0 Å². The molecule has 1 rings (SSSR count). The van der Waals surface area contributed by atoms with Crippen molar-refractivity contribution in [2.24, 2.45) is 0 Å². The molecular formula is C12H14ClNO. The second kappa shape index (κ2) is 6.25. The first kappa shape index (κ1) is 11.8. The van der Waals surface area contributed by atoms with Gasteiger partial charge in [0.25, 0.3) is 5.91 Å². The van der Waals surface area contributed by atoms with Crippen molar-refractivity contribution in [3.63, 3.8) is 0 Å². The summed E-state index contributed by atoms with van der Waals surface area (Å²) in [7, 11) is 0. The van der Waals surface area contributed by atoms with Gasteiger partial charge in [-0.3, -0.25) is 4.79 Å². The quantitative estimate of drug-likeness (QED) is 0.764. The molecule has 0 bridgehead atoms. The molecule has 0 saturated carbocycles. The van der Waals surface area contributed by atoms with Crippen LogP contribution in [0.3, 0.4) is 0 Å². The molecule has 1 aromatic rings. The van der Waals surface area contributed by atoms with E-state index in [9.17, 15) is 4.79 Å². The molecule has 1 amide bonds. The first-order valence-corrected chi connectivity index (χ1v) is 5.24. The van der Waals surface area contributed by atoms with Crippen LogP contribution in [0.15, 0.2) is 41.9 Å². The number of carbonyl (C=O) groups is 1. The van der Waals surface area contributed by atoms with Crippen molar-refractivity contribution in [3.8, 4) is 0 Å². The number of halogens is 1. The van der Waals surface area contributed by atoms with E-state index in [1.54, 1.807) is 12.1 Å². The van der Waals surface area contributed by atoms with Crippen molar-refractivity contribution in [3.05, 3.63) is 47.5 Å². The lowest BCUT2D eigenvalue weighted by Gasteiger charge is -2.04. The Morgan fingerprint density at radius 3 is 2.60 bits per heavy atom. The van der Waals surface area contributed by atoms with Gasteiger partial charge in [0.2, 0.25) is 0 Å². The molecule has 0 saturated heterocycles. The van der Waals surface area contributed by atoms with Crippen molar-refractivity contribution in [2.45, 2.75) is 12.8 Å². The van der Waals surface area contributed by atoms with Crippen LogP contribution in [0.1, 0.15) is 23.2 Å². The topological polar surface area (TPSA) is 29.1 Å². The molecule has 0 radical (unpaired) electrons. The summed E-state index contributed by atoms with van der Waals surface area (Å²) in [6.07, 6.45) is 1.55. The lowest BCUT2D eigenvalue weighted by atomic mass is 10.2. The van der Waals surface area contributed by atoms with Crippen LogP contribution in [-0.2, 0) is 0 Å². The van der Waals surface area contributed by atoms with Gasteiger partial charge in [-0.15, -0.1) is 0 Å².